The molecular weight excluding hydrogens is 170 g/mol. The highest BCUT2D eigenvalue weighted by Gasteiger charge is 2.33. The zero-order chi connectivity index (χ0) is 10.3. The van der Waals surface area contributed by atoms with Gasteiger partial charge in [0.25, 0.3) is 0 Å². The average Bonchev–Trinajstić information content (AvgIpc) is 2.15. The minimum Gasteiger partial charge on any atom is -0.385 e. The summed E-state index contributed by atoms with van der Waals surface area (Å²) < 4.78 is 4.01. The van der Waals surface area contributed by atoms with Crippen molar-refractivity contribution in [3.05, 3.63) is 37.0 Å². The summed E-state index contributed by atoms with van der Waals surface area (Å²) in [5.74, 6) is -1.14. The molecule has 0 aliphatic carbocycles. The van der Waals surface area contributed by atoms with Crippen LogP contribution in [0, 0.1) is 11.3 Å². The lowest BCUT2D eigenvalue weighted by atomic mass is 10.2. The number of hydrogen-bond acceptors (Lipinski definition) is 4. The maximum Gasteiger partial charge on any atom is 0.353 e. The number of esters is 2. The van der Waals surface area contributed by atoms with Crippen LogP contribution in [-0.2, 0) is 14.3 Å². The lowest BCUT2D eigenvalue weighted by Crippen LogP contribution is -2.31. The van der Waals surface area contributed by atoms with Gasteiger partial charge in [-0.15, -0.1) is 0 Å². The number of carbonyl (C=O) groups excluding carboxylic acids is 2. The lowest BCUT2D eigenvalue weighted by Gasteiger charge is -2.11. The first kappa shape index (κ1) is 10.8. The van der Waals surface area contributed by atoms with Crippen molar-refractivity contribution in [3.8, 4) is 6.07 Å². The van der Waals surface area contributed by atoms with Crippen LogP contribution in [-0.4, -0.2) is 11.9 Å². The van der Waals surface area contributed by atoms with E-state index in [-0.39, 0.29) is 5.57 Å². The number of cyclic esters (lactones) is 2. The summed E-state index contributed by atoms with van der Waals surface area (Å²) in [7, 11) is 0. The van der Waals surface area contributed by atoms with E-state index in [1.165, 1.54) is 18.2 Å². The van der Waals surface area contributed by atoms with Crippen molar-refractivity contribution in [1.82, 2.24) is 0 Å². The second-order valence-electron chi connectivity index (χ2n) is 1.83. The van der Waals surface area contributed by atoms with E-state index < -0.39 is 11.9 Å². The average molecular weight is 177 g/mol. The van der Waals surface area contributed by atoms with Gasteiger partial charge >= 0.3 is 11.9 Å². The first-order valence-corrected chi connectivity index (χ1v) is 3.27. The molecule has 1 aliphatic heterocycles. The van der Waals surface area contributed by atoms with Crippen LogP contribution in [0.3, 0.4) is 0 Å². The lowest BCUT2D eigenvalue weighted by molar-refractivity contribution is -0.165. The zero-order valence-electron chi connectivity index (χ0n) is 6.82. The monoisotopic (exact) mass is 177 g/mol. The second kappa shape index (κ2) is 5.49. The Hall–Kier alpha value is -2.15. The van der Waals surface area contributed by atoms with E-state index in [0.29, 0.717) is 0 Å². The number of ether oxygens (including phenoxy) is 1. The van der Waals surface area contributed by atoms with Crippen molar-refractivity contribution in [3.63, 3.8) is 0 Å². The third-order valence-corrected chi connectivity index (χ3v) is 1.00. The first-order chi connectivity index (χ1) is 6.17. The van der Waals surface area contributed by atoms with E-state index in [0.717, 1.165) is 0 Å². The van der Waals surface area contributed by atoms with Gasteiger partial charge in [0.05, 0.1) is 6.07 Å². The Balaban J connectivity index is 0.000000310. The van der Waals surface area contributed by atoms with Gasteiger partial charge in [-0.05, 0) is 6.08 Å². The molecule has 0 atom stereocenters. The summed E-state index contributed by atoms with van der Waals surface area (Å²) >= 11 is 0. The van der Waals surface area contributed by atoms with Crippen LogP contribution in [0.4, 0.5) is 0 Å². The van der Waals surface area contributed by atoms with Crippen LogP contribution in [0.2, 0.25) is 0 Å². The largest absolute Gasteiger partial charge is 0.385 e. The quantitative estimate of drug-likeness (QED) is 0.196. The van der Waals surface area contributed by atoms with E-state index >= 15 is 0 Å². The van der Waals surface area contributed by atoms with Crippen LogP contribution in [0.25, 0.3) is 0 Å². The molecule has 4 nitrogen and oxygen atoms in total. The molecule has 0 radical (unpaired) electrons. The molecule has 0 aromatic carbocycles. The zero-order valence-corrected chi connectivity index (χ0v) is 6.82. The topological polar surface area (TPSA) is 67.2 Å². The van der Waals surface area contributed by atoms with Crippen molar-refractivity contribution in [2.24, 2.45) is 0 Å². The Morgan fingerprint density at radius 3 is 1.92 bits per heavy atom. The molecule has 0 unspecified atom stereocenters. The Morgan fingerprint density at radius 1 is 1.31 bits per heavy atom. The molecular formula is C9H7NO3. The summed E-state index contributed by atoms with van der Waals surface area (Å²) in [6.07, 6.45) is 3.88. The molecule has 1 heterocycles. The predicted octanol–water partition coefficient (Wildman–Crippen LogP) is 0.878. The van der Waals surface area contributed by atoms with Crippen LogP contribution < -0.4 is 0 Å². The fraction of sp³-hybridized carbons (Fsp3) is 0. The number of carbonyl (C=O) groups is 2. The van der Waals surface area contributed by atoms with Crippen molar-refractivity contribution in [2.45, 2.75) is 0 Å². The van der Waals surface area contributed by atoms with Crippen molar-refractivity contribution in [1.29, 1.82) is 5.26 Å². The molecule has 1 aliphatic rings. The molecule has 13 heavy (non-hydrogen) atoms. The van der Waals surface area contributed by atoms with Crippen LogP contribution in [0.5, 0.6) is 0 Å². The molecule has 1 saturated heterocycles. The second-order valence-corrected chi connectivity index (χ2v) is 1.83. The summed E-state index contributed by atoms with van der Waals surface area (Å²) in [6.45, 7) is 6.43. The first-order valence-electron chi connectivity index (χ1n) is 3.27. The molecule has 1 fully saturated rings. The van der Waals surface area contributed by atoms with Crippen LogP contribution in [0.15, 0.2) is 37.0 Å². The molecule has 1 rings (SSSR count). The normalized spacial score (nSPS) is 12.4. The highest BCUT2D eigenvalue weighted by atomic mass is 16.6. The van der Waals surface area contributed by atoms with Gasteiger partial charge in [0.2, 0.25) is 0 Å². The van der Waals surface area contributed by atoms with E-state index in [2.05, 4.69) is 17.9 Å². The highest BCUT2D eigenvalue weighted by molar-refractivity contribution is 6.26. The minimum atomic E-state index is -0.570. The van der Waals surface area contributed by atoms with E-state index in [1.807, 2.05) is 0 Å². The van der Waals surface area contributed by atoms with Gasteiger partial charge in [-0.3, -0.25) is 0 Å². The standard InChI is InChI=1S/C6H4O3.C3H3N/c1-2-3-4-5(7)9-6(4)8;1-2-3-4/h2-3H,1H2;2H,1H2. The van der Waals surface area contributed by atoms with Crippen LogP contribution in [0.1, 0.15) is 0 Å². The molecule has 0 aromatic heterocycles. The highest BCUT2D eigenvalue weighted by Crippen LogP contribution is 2.12. The molecule has 0 aromatic rings. The van der Waals surface area contributed by atoms with Crippen LogP contribution >= 0.6 is 0 Å². The van der Waals surface area contributed by atoms with Gasteiger partial charge in [0.1, 0.15) is 5.57 Å². The van der Waals surface area contributed by atoms with E-state index in [4.69, 9.17) is 5.26 Å². The minimum absolute atomic E-state index is 0.0741. The third-order valence-electron chi connectivity index (χ3n) is 1.00. The Morgan fingerprint density at radius 2 is 1.77 bits per heavy atom. The molecule has 66 valence electrons. The Labute approximate surface area is 75.4 Å². The third kappa shape index (κ3) is 3.16. The summed E-state index contributed by atoms with van der Waals surface area (Å²) in [5.41, 5.74) is 0.0741. The molecule has 0 amide bonds. The van der Waals surface area contributed by atoms with Crippen molar-refractivity contribution >= 4 is 11.9 Å². The molecule has 0 spiro atoms. The van der Waals surface area contributed by atoms with Crippen molar-refractivity contribution in [2.75, 3.05) is 0 Å². The van der Waals surface area contributed by atoms with E-state index in [9.17, 15) is 9.59 Å². The number of hydrogen-bond donors (Lipinski definition) is 0. The fourth-order valence-electron chi connectivity index (χ4n) is 0.485. The molecule has 0 saturated carbocycles. The summed E-state index contributed by atoms with van der Waals surface area (Å²) in [5, 5.41) is 7.51. The van der Waals surface area contributed by atoms with Gasteiger partial charge in [-0.2, -0.15) is 5.26 Å². The predicted molar refractivity (Wildman–Crippen MR) is 45.2 cm³/mol. The van der Waals surface area contributed by atoms with Crippen molar-refractivity contribution < 1.29 is 14.3 Å². The smallest absolute Gasteiger partial charge is 0.353 e. The van der Waals surface area contributed by atoms with E-state index in [1.54, 1.807) is 6.07 Å². The number of rotatable bonds is 1. The molecule has 0 bridgehead atoms. The maximum atomic E-state index is 10.3. The molecule has 4 heteroatoms. The molecule has 0 N–H and O–H groups in total. The Kier molecular flexibility index (Phi) is 4.59. The fourth-order valence-corrected chi connectivity index (χ4v) is 0.485. The van der Waals surface area contributed by atoms with Gasteiger partial charge in [0.15, 0.2) is 0 Å². The number of allylic oxidation sites excluding steroid dienone is 3. The van der Waals surface area contributed by atoms with Gasteiger partial charge in [-0.1, -0.05) is 19.2 Å². The number of nitriles is 1. The maximum absolute atomic E-state index is 10.3. The number of nitrogens with zero attached hydrogens (tertiary/aromatic N) is 1. The van der Waals surface area contributed by atoms with Gasteiger partial charge in [-0.25, -0.2) is 9.59 Å². The SMILES string of the molecule is C=CC#N.C=CC=C1C(=O)OC1=O. The summed E-state index contributed by atoms with van der Waals surface area (Å²) in [6, 6.07) is 1.69. The Bertz CT molecular complexity index is 304. The van der Waals surface area contributed by atoms with Gasteiger partial charge < -0.3 is 4.74 Å². The van der Waals surface area contributed by atoms with Gasteiger partial charge in [0, 0.05) is 6.08 Å². The summed E-state index contributed by atoms with van der Waals surface area (Å²) in [4.78, 5) is 20.5.